The first kappa shape index (κ1) is 26.7. The molecule has 0 radical (unpaired) electrons. The van der Waals surface area contributed by atoms with Crippen molar-refractivity contribution in [1.29, 1.82) is 0 Å². The third kappa shape index (κ3) is 6.94. The van der Waals surface area contributed by atoms with E-state index in [0.717, 1.165) is 54.6 Å². The fourth-order valence-electron chi connectivity index (χ4n) is 4.59. The SMILES string of the molecule is C=CCc1cc2c(c(CC=C)c1O)CCC(=O)N2C(CCC)NCCCC(C)CC(=O)OC. The van der Waals surface area contributed by atoms with Gasteiger partial charge in [-0.15, -0.1) is 13.2 Å². The first-order chi connectivity index (χ1) is 15.9. The molecule has 1 aliphatic rings. The summed E-state index contributed by atoms with van der Waals surface area (Å²) in [6.45, 7) is 12.6. The van der Waals surface area contributed by atoms with Crippen LogP contribution in [-0.4, -0.2) is 36.8 Å². The highest BCUT2D eigenvalue weighted by atomic mass is 16.5. The number of amides is 1. The molecule has 2 unspecified atom stereocenters. The molecule has 182 valence electrons. The molecule has 0 fully saturated rings. The van der Waals surface area contributed by atoms with Crippen molar-refractivity contribution in [2.24, 2.45) is 5.92 Å². The van der Waals surface area contributed by atoms with Gasteiger partial charge in [0.15, 0.2) is 0 Å². The Kier molecular flexibility index (Phi) is 10.7. The summed E-state index contributed by atoms with van der Waals surface area (Å²) in [5, 5.41) is 14.4. The van der Waals surface area contributed by atoms with Crippen molar-refractivity contribution in [1.82, 2.24) is 5.32 Å². The molecule has 2 atom stereocenters. The monoisotopic (exact) mass is 456 g/mol. The molecule has 1 aliphatic heterocycles. The van der Waals surface area contributed by atoms with E-state index in [1.54, 1.807) is 12.2 Å². The van der Waals surface area contributed by atoms with Gasteiger partial charge in [0.1, 0.15) is 5.75 Å². The van der Waals surface area contributed by atoms with Crippen molar-refractivity contribution in [2.75, 3.05) is 18.6 Å². The molecule has 2 N–H and O–H groups in total. The fraction of sp³-hybridized carbons (Fsp3) is 0.556. The number of benzene rings is 1. The van der Waals surface area contributed by atoms with Crippen LogP contribution in [0.15, 0.2) is 31.4 Å². The van der Waals surface area contributed by atoms with Gasteiger partial charge in [-0.25, -0.2) is 0 Å². The van der Waals surface area contributed by atoms with Crippen LogP contribution in [0.2, 0.25) is 0 Å². The van der Waals surface area contributed by atoms with E-state index < -0.39 is 0 Å². The number of nitrogens with zero attached hydrogens (tertiary/aromatic N) is 1. The molecule has 0 aliphatic carbocycles. The molecule has 0 bridgehead atoms. The number of nitrogens with one attached hydrogen (secondary N) is 1. The first-order valence-electron chi connectivity index (χ1n) is 12.1. The fourth-order valence-corrected chi connectivity index (χ4v) is 4.59. The largest absolute Gasteiger partial charge is 0.507 e. The zero-order chi connectivity index (χ0) is 24.4. The second-order valence-corrected chi connectivity index (χ2v) is 8.90. The maximum atomic E-state index is 13.1. The number of carbonyl (C=O) groups is 2. The van der Waals surface area contributed by atoms with Crippen LogP contribution in [0.25, 0.3) is 0 Å². The van der Waals surface area contributed by atoms with E-state index in [1.807, 2.05) is 11.0 Å². The van der Waals surface area contributed by atoms with Crippen molar-refractivity contribution in [3.05, 3.63) is 48.1 Å². The molecule has 0 saturated heterocycles. The van der Waals surface area contributed by atoms with Crippen LogP contribution in [0.3, 0.4) is 0 Å². The summed E-state index contributed by atoms with van der Waals surface area (Å²) in [5.74, 6) is 0.477. The molecule has 1 heterocycles. The Balaban J connectivity index is 2.25. The lowest BCUT2D eigenvalue weighted by molar-refractivity contribution is -0.141. The Morgan fingerprint density at radius 1 is 1.27 bits per heavy atom. The Labute approximate surface area is 198 Å². The first-order valence-corrected chi connectivity index (χ1v) is 12.1. The van der Waals surface area contributed by atoms with Gasteiger partial charge in [0.25, 0.3) is 0 Å². The third-order valence-electron chi connectivity index (χ3n) is 6.27. The number of fused-ring (bicyclic) bond motifs is 1. The van der Waals surface area contributed by atoms with Gasteiger partial charge in [0.05, 0.1) is 13.3 Å². The Morgan fingerprint density at radius 2 is 2.00 bits per heavy atom. The highest BCUT2D eigenvalue weighted by molar-refractivity contribution is 5.97. The quantitative estimate of drug-likeness (QED) is 0.238. The summed E-state index contributed by atoms with van der Waals surface area (Å²) in [6, 6.07) is 1.96. The highest BCUT2D eigenvalue weighted by Crippen LogP contribution is 2.40. The molecule has 33 heavy (non-hydrogen) atoms. The smallest absolute Gasteiger partial charge is 0.305 e. The number of anilines is 1. The molecule has 1 amide bonds. The van der Waals surface area contributed by atoms with Crippen LogP contribution in [0.1, 0.15) is 69.1 Å². The normalized spacial score (nSPS) is 15.0. The van der Waals surface area contributed by atoms with Gasteiger partial charge >= 0.3 is 5.97 Å². The summed E-state index contributed by atoms with van der Waals surface area (Å²) < 4.78 is 4.76. The maximum Gasteiger partial charge on any atom is 0.305 e. The molecule has 0 spiro atoms. The summed E-state index contributed by atoms with van der Waals surface area (Å²) >= 11 is 0. The molecule has 6 nitrogen and oxygen atoms in total. The summed E-state index contributed by atoms with van der Waals surface area (Å²) in [7, 11) is 1.42. The number of ether oxygens (including phenoxy) is 1. The van der Waals surface area contributed by atoms with Gasteiger partial charge in [-0.2, -0.15) is 0 Å². The lowest BCUT2D eigenvalue weighted by atomic mass is 9.89. The molecule has 0 saturated carbocycles. The van der Waals surface area contributed by atoms with E-state index in [9.17, 15) is 14.7 Å². The van der Waals surface area contributed by atoms with E-state index in [4.69, 9.17) is 4.74 Å². The lowest BCUT2D eigenvalue weighted by Crippen LogP contribution is -2.51. The van der Waals surface area contributed by atoms with Crippen molar-refractivity contribution in [3.63, 3.8) is 0 Å². The average molecular weight is 457 g/mol. The minimum absolute atomic E-state index is 0.104. The maximum absolute atomic E-state index is 13.1. The second kappa shape index (κ2) is 13.2. The lowest BCUT2D eigenvalue weighted by Gasteiger charge is -2.38. The van der Waals surface area contributed by atoms with Crippen LogP contribution in [-0.2, 0) is 33.6 Å². The van der Waals surface area contributed by atoms with Crippen molar-refractivity contribution >= 4 is 17.6 Å². The van der Waals surface area contributed by atoms with Gasteiger partial charge in [-0.05, 0) is 68.2 Å². The zero-order valence-electron chi connectivity index (χ0n) is 20.5. The van der Waals surface area contributed by atoms with Crippen LogP contribution < -0.4 is 10.2 Å². The zero-order valence-corrected chi connectivity index (χ0v) is 20.5. The molecular weight excluding hydrogens is 416 g/mol. The molecule has 0 aromatic heterocycles. The van der Waals surface area contributed by atoms with Crippen molar-refractivity contribution in [2.45, 2.75) is 77.8 Å². The number of allylic oxidation sites excluding steroid dienone is 2. The topological polar surface area (TPSA) is 78.9 Å². The van der Waals surface area contributed by atoms with Crippen LogP contribution in [0.4, 0.5) is 5.69 Å². The molecule has 2 rings (SSSR count). The van der Waals surface area contributed by atoms with E-state index >= 15 is 0 Å². The minimum Gasteiger partial charge on any atom is -0.507 e. The molecule has 1 aromatic carbocycles. The summed E-state index contributed by atoms with van der Waals surface area (Å²) in [4.78, 5) is 26.5. The van der Waals surface area contributed by atoms with Crippen LogP contribution in [0.5, 0.6) is 5.75 Å². The predicted octanol–water partition coefficient (Wildman–Crippen LogP) is 4.82. The predicted molar refractivity (Wildman–Crippen MR) is 133 cm³/mol. The summed E-state index contributed by atoms with van der Waals surface area (Å²) in [6.07, 6.45) is 9.61. The van der Waals surface area contributed by atoms with Gasteiger partial charge in [-0.3, -0.25) is 19.8 Å². The van der Waals surface area contributed by atoms with Gasteiger partial charge in [-0.1, -0.05) is 32.4 Å². The summed E-state index contributed by atoms with van der Waals surface area (Å²) in [5.41, 5.74) is 3.58. The number of phenols is 1. The molecule has 1 aromatic rings. The third-order valence-corrected chi connectivity index (χ3v) is 6.27. The van der Waals surface area contributed by atoms with Gasteiger partial charge in [0.2, 0.25) is 5.91 Å². The molecular formula is C27H40N2O4. The Morgan fingerprint density at radius 3 is 2.64 bits per heavy atom. The number of hydrogen-bond acceptors (Lipinski definition) is 5. The van der Waals surface area contributed by atoms with Gasteiger partial charge < -0.3 is 9.84 Å². The number of phenolic OH excluding ortho intramolecular Hbond substituents is 1. The average Bonchev–Trinajstić information content (AvgIpc) is 2.79. The number of aromatic hydroxyl groups is 1. The molecule has 6 heteroatoms. The van der Waals surface area contributed by atoms with Crippen LogP contribution in [0, 0.1) is 5.92 Å². The minimum atomic E-state index is -0.177. The van der Waals surface area contributed by atoms with E-state index in [1.165, 1.54) is 7.11 Å². The van der Waals surface area contributed by atoms with E-state index in [-0.39, 0.29) is 24.0 Å². The number of hydrogen-bond donors (Lipinski definition) is 2. The number of esters is 1. The van der Waals surface area contributed by atoms with E-state index in [2.05, 4.69) is 32.3 Å². The number of carbonyl (C=O) groups excluding carboxylic acids is 2. The standard InChI is InChI=1S/C27H40N2O4/c1-6-10-20-18-23-21(22(11-7-2)27(20)32)14-15-25(30)29(23)24(12-8-3)28-16-9-13-19(4)17-26(31)33-5/h6-7,18-19,24,28,32H,1-2,8-17H2,3-5H3. The van der Waals surface area contributed by atoms with Gasteiger partial charge in [0, 0.05) is 24.1 Å². The second-order valence-electron chi connectivity index (χ2n) is 8.90. The van der Waals surface area contributed by atoms with Crippen molar-refractivity contribution < 1.29 is 19.4 Å². The van der Waals surface area contributed by atoms with E-state index in [0.29, 0.717) is 37.9 Å². The van der Waals surface area contributed by atoms with Crippen molar-refractivity contribution in [3.8, 4) is 5.75 Å². The number of rotatable bonds is 14. The Bertz CT molecular complexity index is 849. The number of methoxy groups -OCH3 is 1. The highest BCUT2D eigenvalue weighted by Gasteiger charge is 2.32. The van der Waals surface area contributed by atoms with Crippen LogP contribution >= 0.6 is 0 Å². The Hall–Kier alpha value is -2.60.